The van der Waals surface area contributed by atoms with Crippen LogP contribution in [0.3, 0.4) is 0 Å². The summed E-state index contributed by atoms with van der Waals surface area (Å²) in [6.07, 6.45) is 5.89. The summed E-state index contributed by atoms with van der Waals surface area (Å²) in [5, 5.41) is 14.0. The molecule has 2 heterocycles. The summed E-state index contributed by atoms with van der Waals surface area (Å²) >= 11 is 6.39. The minimum atomic E-state index is -0.438. The van der Waals surface area contributed by atoms with Crippen molar-refractivity contribution in [3.05, 3.63) is 35.0 Å². The van der Waals surface area contributed by atoms with Crippen LogP contribution in [0.1, 0.15) is 57.8 Å². The number of hydrogen-bond donors (Lipinski definition) is 2. The Labute approximate surface area is 180 Å². The molecule has 1 aromatic carbocycles. The highest BCUT2D eigenvalue weighted by atomic mass is 35.5. The molecular formula is C22H27ClFN5O. The van der Waals surface area contributed by atoms with Crippen LogP contribution in [0, 0.1) is 12.7 Å². The van der Waals surface area contributed by atoms with Crippen molar-refractivity contribution in [2.24, 2.45) is 0 Å². The zero-order chi connectivity index (χ0) is 21.4. The van der Waals surface area contributed by atoms with Crippen LogP contribution < -0.4 is 5.32 Å². The number of aromatic nitrogens is 4. The van der Waals surface area contributed by atoms with E-state index in [0.717, 1.165) is 37.9 Å². The fourth-order valence-electron chi connectivity index (χ4n) is 4.32. The highest BCUT2D eigenvalue weighted by molar-refractivity contribution is 6.33. The molecule has 1 fully saturated rings. The van der Waals surface area contributed by atoms with Gasteiger partial charge in [0.2, 0.25) is 5.95 Å². The standard InChI is InChI=1S/C22H27ClFN5O/c1-12(2)29-13(3)26-21-16(24)9-14(10-18(21)29)20-15(23)11-25-22(28-20)27-17-7-5-4-6-8-19(17)30/h9-12,17,19,30H,4-8H2,1-3H3,(H,25,27,28)/t17-,19+/m0/s1. The van der Waals surface area contributed by atoms with Gasteiger partial charge in [-0.1, -0.05) is 30.9 Å². The van der Waals surface area contributed by atoms with E-state index in [4.69, 9.17) is 11.6 Å². The van der Waals surface area contributed by atoms with Gasteiger partial charge in [0.15, 0.2) is 5.82 Å². The van der Waals surface area contributed by atoms with Gasteiger partial charge in [-0.2, -0.15) is 0 Å². The SMILES string of the molecule is Cc1nc2c(F)cc(-c3nc(N[C@H]4CCCCC[C@H]4O)ncc3Cl)cc2n1C(C)C. The lowest BCUT2D eigenvalue weighted by Gasteiger charge is -2.22. The molecule has 2 aromatic heterocycles. The number of imidazole rings is 1. The van der Waals surface area contributed by atoms with Crippen molar-refractivity contribution in [3.8, 4) is 11.3 Å². The monoisotopic (exact) mass is 431 g/mol. The Balaban J connectivity index is 1.74. The maximum Gasteiger partial charge on any atom is 0.223 e. The third kappa shape index (κ3) is 4.01. The van der Waals surface area contributed by atoms with Crippen molar-refractivity contribution in [1.29, 1.82) is 0 Å². The van der Waals surface area contributed by atoms with E-state index >= 15 is 0 Å². The van der Waals surface area contributed by atoms with E-state index < -0.39 is 11.9 Å². The van der Waals surface area contributed by atoms with Gasteiger partial charge < -0.3 is 15.0 Å². The maximum atomic E-state index is 14.9. The van der Waals surface area contributed by atoms with Crippen molar-refractivity contribution in [2.45, 2.75) is 71.1 Å². The predicted molar refractivity (Wildman–Crippen MR) is 117 cm³/mol. The van der Waals surface area contributed by atoms with Gasteiger partial charge in [-0.3, -0.25) is 0 Å². The van der Waals surface area contributed by atoms with Crippen LogP contribution in [0.4, 0.5) is 10.3 Å². The van der Waals surface area contributed by atoms with Crippen molar-refractivity contribution in [2.75, 3.05) is 5.32 Å². The van der Waals surface area contributed by atoms with Crippen LogP contribution in [0.25, 0.3) is 22.3 Å². The number of nitrogens with one attached hydrogen (secondary N) is 1. The molecular weight excluding hydrogens is 405 g/mol. The minimum Gasteiger partial charge on any atom is -0.391 e. The summed E-state index contributed by atoms with van der Waals surface area (Å²) in [5.74, 6) is 0.734. The van der Waals surface area contributed by atoms with E-state index in [9.17, 15) is 9.50 Å². The molecule has 8 heteroatoms. The second-order valence-corrected chi connectivity index (χ2v) is 8.70. The lowest BCUT2D eigenvalue weighted by molar-refractivity contribution is 0.144. The molecule has 0 amide bonds. The molecule has 0 spiro atoms. The third-order valence-electron chi connectivity index (χ3n) is 5.75. The predicted octanol–water partition coefficient (Wildman–Crippen LogP) is 5.28. The van der Waals surface area contributed by atoms with Crippen molar-refractivity contribution < 1.29 is 9.50 Å². The van der Waals surface area contributed by atoms with Crippen molar-refractivity contribution >= 4 is 28.6 Å². The largest absolute Gasteiger partial charge is 0.391 e. The molecule has 2 N–H and O–H groups in total. The fraction of sp³-hybridized carbons (Fsp3) is 0.500. The Morgan fingerprint density at radius 1 is 1.20 bits per heavy atom. The smallest absolute Gasteiger partial charge is 0.223 e. The number of fused-ring (bicyclic) bond motifs is 1. The van der Waals surface area contributed by atoms with E-state index in [1.165, 1.54) is 12.3 Å². The maximum absolute atomic E-state index is 14.9. The summed E-state index contributed by atoms with van der Waals surface area (Å²) in [6.45, 7) is 5.95. The first-order valence-corrected chi connectivity index (χ1v) is 10.9. The topological polar surface area (TPSA) is 75.9 Å². The highest BCUT2D eigenvalue weighted by Crippen LogP contribution is 2.32. The first kappa shape index (κ1) is 21.0. The molecule has 0 saturated heterocycles. The van der Waals surface area contributed by atoms with E-state index in [0.29, 0.717) is 33.3 Å². The number of hydrogen-bond acceptors (Lipinski definition) is 5. The Hall–Kier alpha value is -2.25. The number of anilines is 1. The van der Waals surface area contributed by atoms with Gasteiger partial charge in [0.25, 0.3) is 0 Å². The molecule has 1 aliphatic carbocycles. The van der Waals surface area contributed by atoms with Crippen molar-refractivity contribution in [1.82, 2.24) is 19.5 Å². The molecule has 1 saturated carbocycles. The van der Waals surface area contributed by atoms with E-state index in [1.54, 1.807) is 0 Å². The normalized spacial score (nSPS) is 20.0. The van der Waals surface area contributed by atoms with Gasteiger partial charge in [0, 0.05) is 11.6 Å². The van der Waals surface area contributed by atoms with Crippen LogP contribution in [0.15, 0.2) is 18.3 Å². The van der Waals surface area contributed by atoms with E-state index in [-0.39, 0.29) is 12.1 Å². The molecule has 1 aliphatic rings. The lowest BCUT2D eigenvalue weighted by atomic mass is 10.1. The minimum absolute atomic E-state index is 0.106. The van der Waals surface area contributed by atoms with E-state index in [2.05, 4.69) is 20.3 Å². The molecule has 0 aliphatic heterocycles. The second-order valence-electron chi connectivity index (χ2n) is 8.29. The fourth-order valence-corrected chi connectivity index (χ4v) is 4.52. The van der Waals surface area contributed by atoms with Crippen LogP contribution in [0.2, 0.25) is 5.02 Å². The molecule has 6 nitrogen and oxygen atoms in total. The van der Waals surface area contributed by atoms with E-state index in [1.807, 2.05) is 31.4 Å². The average Bonchev–Trinajstić information content (AvgIpc) is 2.91. The zero-order valence-electron chi connectivity index (χ0n) is 17.5. The number of nitrogens with zero attached hydrogens (tertiary/aromatic N) is 4. The molecule has 3 aromatic rings. The highest BCUT2D eigenvalue weighted by Gasteiger charge is 2.23. The number of benzene rings is 1. The average molecular weight is 432 g/mol. The number of halogens is 2. The number of aliphatic hydroxyl groups is 1. The van der Waals surface area contributed by atoms with Crippen molar-refractivity contribution in [3.63, 3.8) is 0 Å². The Morgan fingerprint density at radius 3 is 2.73 bits per heavy atom. The first-order valence-electron chi connectivity index (χ1n) is 10.5. The molecule has 4 rings (SSSR count). The Morgan fingerprint density at radius 2 is 1.97 bits per heavy atom. The summed E-state index contributed by atoms with van der Waals surface area (Å²) < 4.78 is 16.9. The molecule has 0 radical (unpaired) electrons. The summed E-state index contributed by atoms with van der Waals surface area (Å²) in [5.41, 5.74) is 2.07. The number of aryl methyl sites for hydroxylation is 1. The van der Waals surface area contributed by atoms with Crippen LogP contribution in [0.5, 0.6) is 0 Å². The zero-order valence-corrected chi connectivity index (χ0v) is 18.2. The second kappa shape index (κ2) is 8.47. The number of rotatable bonds is 4. The Bertz CT molecular complexity index is 1070. The molecule has 2 atom stereocenters. The van der Waals surface area contributed by atoms with Crippen LogP contribution in [-0.4, -0.2) is 36.8 Å². The van der Waals surface area contributed by atoms with Crippen LogP contribution in [-0.2, 0) is 0 Å². The molecule has 0 unspecified atom stereocenters. The summed E-state index contributed by atoms with van der Waals surface area (Å²) in [6, 6.07) is 3.32. The lowest BCUT2D eigenvalue weighted by Crippen LogP contribution is -2.33. The van der Waals surface area contributed by atoms with Gasteiger partial charge in [0.05, 0.1) is 34.6 Å². The quantitative estimate of drug-likeness (QED) is 0.549. The van der Waals surface area contributed by atoms with Crippen LogP contribution >= 0.6 is 11.6 Å². The van der Waals surface area contributed by atoms with Gasteiger partial charge in [-0.05, 0) is 45.7 Å². The number of aliphatic hydroxyl groups excluding tert-OH is 1. The third-order valence-corrected chi connectivity index (χ3v) is 6.03. The van der Waals surface area contributed by atoms with Gasteiger partial charge in [0.1, 0.15) is 11.3 Å². The van der Waals surface area contributed by atoms with Gasteiger partial charge in [-0.15, -0.1) is 0 Å². The summed E-state index contributed by atoms with van der Waals surface area (Å²) in [4.78, 5) is 13.2. The summed E-state index contributed by atoms with van der Waals surface area (Å²) in [7, 11) is 0. The Kier molecular flexibility index (Phi) is 5.93. The molecule has 160 valence electrons. The first-order chi connectivity index (χ1) is 14.3. The molecule has 30 heavy (non-hydrogen) atoms. The van der Waals surface area contributed by atoms with Gasteiger partial charge in [-0.25, -0.2) is 19.3 Å². The molecule has 0 bridgehead atoms. The van der Waals surface area contributed by atoms with Gasteiger partial charge >= 0.3 is 0 Å².